The van der Waals surface area contributed by atoms with E-state index in [0.717, 1.165) is 15.2 Å². The highest BCUT2D eigenvalue weighted by Gasteiger charge is 2.24. The summed E-state index contributed by atoms with van der Waals surface area (Å²) in [7, 11) is 0. The Morgan fingerprint density at radius 3 is 2.68 bits per heavy atom. The summed E-state index contributed by atoms with van der Waals surface area (Å²) in [4.78, 5) is 33.0. The Morgan fingerprint density at radius 1 is 1.29 bits per heavy atom. The van der Waals surface area contributed by atoms with E-state index in [4.69, 9.17) is 11.5 Å². The largest absolute Gasteiger partial charge is 0.368 e. The van der Waals surface area contributed by atoms with Crippen molar-refractivity contribution < 1.29 is 9.59 Å². The topological polar surface area (TPSA) is 149 Å². The Balaban J connectivity index is 1.91. The Bertz CT molecular complexity index is 1020. The first-order valence-corrected chi connectivity index (χ1v) is 10.1. The fraction of sp³-hybridized carbons (Fsp3) is 0.353. The number of nitrogens with one attached hydrogen (secondary N) is 2. The molecule has 0 fully saturated rings. The number of carbonyl (C=O) groups is 2. The van der Waals surface area contributed by atoms with E-state index in [2.05, 4.69) is 25.0 Å². The summed E-state index contributed by atoms with van der Waals surface area (Å²) in [6.45, 7) is 6.03. The van der Waals surface area contributed by atoms with E-state index in [0.29, 0.717) is 12.2 Å². The molecule has 2 amide bonds. The Hall–Kier alpha value is -2.79. The Morgan fingerprint density at radius 2 is 2.04 bits per heavy atom. The summed E-state index contributed by atoms with van der Waals surface area (Å²) in [6, 6.07) is 1.30. The number of rotatable bonds is 7. The third kappa shape index (κ3) is 4.54. The van der Waals surface area contributed by atoms with Crippen LogP contribution in [0.1, 0.15) is 37.7 Å². The van der Waals surface area contributed by atoms with Gasteiger partial charge in [0.05, 0.1) is 6.20 Å². The summed E-state index contributed by atoms with van der Waals surface area (Å²) >= 11 is 2.77. The van der Waals surface area contributed by atoms with E-state index in [1.807, 2.05) is 32.2 Å². The second-order valence-electron chi connectivity index (χ2n) is 7.46. The molecule has 0 aliphatic heterocycles. The van der Waals surface area contributed by atoms with Crippen LogP contribution in [0.2, 0.25) is 0 Å². The number of aromatic nitrogens is 3. The Labute approximate surface area is 169 Å². The lowest BCUT2D eigenvalue weighted by Crippen LogP contribution is -2.38. The summed E-state index contributed by atoms with van der Waals surface area (Å²) in [5.41, 5.74) is 10.8. The van der Waals surface area contributed by atoms with Crippen molar-refractivity contribution in [3.8, 4) is 0 Å². The van der Waals surface area contributed by atoms with Crippen molar-refractivity contribution in [1.82, 2.24) is 14.3 Å². The van der Waals surface area contributed by atoms with Gasteiger partial charge in [-0.1, -0.05) is 20.8 Å². The number of nitrogens with zero attached hydrogens (tertiary/aromatic N) is 3. The average molecular weight is 420 g/mol. The molecule has 0 unspecified atom stereocenters. The standard InChI is InChI=1S/C17H21N7O2S2/c1-17(2,3)6-9(12(18)25)21-10-7-20-11(13(19)26)14(22-10)23-15-8-4-5-27-16(8)24-28-15/h4-5,7,9H,6H2,1-3H3,(H2,18,25)(H2,19,26)(H2,21,22,23)/t9-/m1/s1. The van der Waals surface area contributed by atoms with Gasteiger partial charge in [-0.05, 0) is 34.8 Å². The molecule has 3 aromatic heterocycles. The second-order valence-corrected chi connectivity index (χ2v) is 9.12. The molecule has 0 aliphatic carbocycles. The number of thiophene rings is 1. The molecule has 3 heterocycles. The number of nitrogens with two attached hydrogens (primary N) is 2. The quantitative estimate of drug-likeness (QED) is 0.460. The number of hydrogen-bond acceptors (Lipinski definition) is 9. The first-order chi connectivity index (χ1) is 13.1. The predicted octanol–water partition coefficient (Wildman–Crippen LogP) is 2.69. The molecule has 0 bridgehead atoms. The SMILES string of the molecule is CC(C)(C)C[C@@H](Nc1cnc(C(N)=O)c(Nc2snc3sccc23)n1)C(N)=O. The van der Waals surface area contributed by atoms with Gasteiger partial charge in [-0.2, -0.15) is 4.37 Å². The maximum atomic E-state index is 11.8. The van der Waals surface area contributed by atoms with Crippen LogP contribution in [0, 0.1) is 5.41 Å². The molecule has 28 heavy (non-hydrogen) atoms. The molecule has 0 radical (unpaired) electrons. The van der Waals surface area contributed by atoms with Crippen LogP contribution in [-0.4, -0.2) is 32.2 Å². The molecule has 3 rings (SSSR count). The number of anilines is 3. The molecule has 0 spiro atoms. The van der Waals surface area contributed by atoms with Gasteiger partial charge in [-0.15, -0.1) is 11.3 Å². The van der Waals surface area contributed by atoms with E-state index < -0.39 is 17.9 Å². The van der Waals surface area contributed by atoms with Crippen molar-refractivity contribution >= 4 is 61.5 Å². The summed E-state index contributed by atoms with van der Waals surface area (Å²) < 4.78 is 4.34. The van der Waals surface area contributed by atoms with E-state index in [-0.39, 0.29) is 16.9 Å². The minimum absolute atomic E-state index is 0.00576. The van der Waals surface area contributed by atoms with Gasteiger partial charge in [-0.25, -0.2) is 9.97 Å². The highest BCUT2D eigenvalue weighted by molar-refractivity contribution is 7.21. The van der Waals surface area contributed by atoms with Gasteiger partial charge >= 0.3 is 0 Å². The van der Waals surface area contributed by atoms with Crippen LogP contribution in [0.25, 0.3) is 10.2 Å². The molecular formula is C17H21N7O2S2. The van der Waals surface area contributed by atoms with Crippen LogP contribution in [0.5, 0.6) is 0 Å². The molecule has 9 nitrogen and oxygen atoms in total. The number of fused-ring (bicyclic) bond motifs is 1. The lowest BCUT2D eigenvalue weighted by atomic mass is 9.88. The fourth-order valence-corrected chi connectivity index (χ4v) is 4.28. The lowest BCUT2D eigenvalue weighted by Gasteiger charge is -2.25. The van der Waals surface area contributed by atoms with Gasteiger partial charge in [0.2, 0.25) is 5.91 Å². The number of carbonyl (C=O) groups excluding carboxylic acids is 2. The lowest BCUT2D eigenvalue weighted by molar-refractivity contribution is -0.119. The Kier molecular flexibility index (Phi) is 5.47. The second kappa shape index (κ2) is 7.68. The van der Waals surface area contributed by atoms with Crippen LogP contribution in [0.3, 0.4) is 0 Å². The van der Waals surface area contributed by atoms with E-state index in [1.165, 1.54) is 29.1 Å². The van der Waals surface area contributed by atoms with Crippen LogP contribution >= 0.6 is 22.9 Å². The molecule has 0 aromatic carbocycles. The minimum Gasteiger partial charge on any atom is -0.368 e. The molecule has 1 atom stereocenters. The molecule has 0 saturated carbocycles. The normalized spacial score (nSPS) is 12.7. The van der Waals surface area contributed by atoms with Crippen molar-refractivity contribution in [3.63, 3.8) is 0 Å². The number of hydrogen-bond donors (Lipinski definition) is 4. The monoisotopic (exact) mass is 419 g/mol. The number of amides is 2. The van der Waals surface area contributed by atoms with Gasteiger partial charge in [0.1, 0.15) is 21.7 Å². The van der Waals surface area contributed by atoms with Crippen molar-refractivity contribution in [1.29, 1.82) is 0 Å². The van der Waals surface area contributed by atoms with E-state index in [9.17, 15) is 9.59 Å². The van der Waals surface area contributed by atoms with Gasteiger partial charge in [0, 0.05) is 5.39 Å². The average Bonchev–Trinajstić information content (AvgIpc) is 3.18. The molecule has 6 N–H and O–H groups in total. The smallest absolute Gasteiger partial charge is 0.271 e. The van der Waals surface area contributed by atoms with Gasteiger partial charge in [0.25, 0.3) is 5.91 Å². The van der Waals surface area contributed by atoms with E-state index in [1.54, 1.807) is 0 Å². The van der Waals surface area contributed by atoms with Crippen LogP contribution < -0.4 is 22.1 Å². The van der Waals surface area contributed by atoms with Gasteiger partial charge < -0.3 is 22.1 Å². The molecular weight excluding hydrogens is 398 g/mol. The van der Waals surface area contributed by atoms with Crippen LogP contribution in [0.15, 0.2) is 17.6 Å². The van der Waals surface area contributed by atoms with Crippen molar-refractivity contribution in [2.45, 2.75) is 33.2 Å². The van der Waals surface area contributed by atoms with Crippen molar-refractivity contribution in [2.75, 3.05) is 10.6 Å². The zero-order chi connectivity index (χ0) is 20.5. The van der Waals surface area contributed by atoms with Gasteiger partial charge in [-0.3, -0.25) is 9.59 Å². The molecule has 3 aromatic rings. The third-order valence-electron chi connectivity index (χ3n) is 3.83. The minimum atomic E-state index is -0.714. The molecule has 11 heteroatoms. The van der Waals surface area contributed by atoms with Crippen molar-refractivity contribution in [2.24, 2.45) is 16.9 Å². The summed E-state index contributed by atoms with van der Waals surface area (Å²) in [5, 5.41) is 9.67. The highest BCUT2D eigenvalue weighted by atomic mass is 32.1. The number of primary amides is 2. The molecule has 148 valence electrons. The predicted molar refractivity (Wildman–Crippen MR) is 112 cm³/mol. The van der Waals surface area contributed by atoms with E-state index >= 15 is 0 Å². The highest BCUT2D eigenvalue weighted by Crippen LogP contribution is 2.34. The fourth-order valence-electron chi connectivity index (χ4n) is 2.62. The maximum absolute atomic E-state index is 11.8. The van der Waals surface area contributed by atoms with Gasteiger partial charge in [0.15, 0.2) is 11.5 Å². The van der Waals surface area contributed by atoms with Crippen LogP contribution in [-0.2, 0) is 4.79 Å². The van der Waals surface area contributed by atoms with Crippen LogP contribution in [0.4, 0.5) is 16.6 Å². The summed E-state index contributed by atoms with van der Waals surface area (Å²) in [6.07, 6.45) is 1.87. The van der Waals surface area contributed by atoms with Crippen molar-refractivity contribution in [3.05, 3.63) is 23.3 Å². The summed E-state index contributed by atoms with van der Waals surface area (Å²) in [5.74, 6) is -0.707. The third-order valence-corrected chi connectivity index (χ3v) is 5.53. The zero-order valence-electron chi connectivity index (χ0n) is 15.6. The first-order valence-electron chi connectivity index (χ1n) is 8.46. The zero-order valence-corrected chi connectivity index (χ0v) is 17.3. The molecule has 0 saturated heterocycles. The first kappa shape index (κ1) is 20.0. The molecule has 0 aliphatic rings. The maximum Gasteiger partial charge on any atom is 0.271 e.